The first-order valence-corrected chi connectivity index (χ1v) is 13.0. The Kier molecular flexibility index (Phi) is 5.22. The summed E-state index contributed by atoms with van der Waals surface area (Å²) in [6.07, 6.45) is 11.9. The van der Waals surface area contributed by atoms with Crippen LogP contribution >= 0.6 is 11.6 Å². The monoisotopic (exact) mass is 505 g/mol. The molecular formula is C27H25ClFN5O2. The topological polar surface area (TPSA) is 74.3 Å². The lowest BCUT2D eigenvalue weighted by Crippen LogP contribution is -2.24. The zero-order chi connectivity index (χ0) is 24.4. The van der Waals surface area contributed by atoms with Crippen molar-refractivity contribution < 1.29 is 9.13 Å². The van der Waals surface area contributed by atoms with Gasteiger partial charge in [-0.2, -0.15) is 5.10 Å². The van der Waals surface area contributed by atoms with Crippen molar-refractivity contribution in [3.05, 3.63) is 80.5 Å². The van der Waals surface area contributed by atoms with Crippen molar-refractivity contribution in [3.8, 4) is 11.3 Å². The molecule has 0 N–H and O–H groups in total. The Labute approximate surface area is 211 Å². The highest BCUT2D eigenvalue weighted by atomic mass is 35.5. The molecular weight excluding hydrogens is 481 g/mol. The van der Waals surface area contributed by atoms with Gasteiger partial charge in [0, 0.05) is 46.6 Å². The summed E-state index contributed by atoms with van der Waals surface area (Å²) in [4.78, 5) is 23.2. The van der Waals surface area contributed by atoms with Gasteiger partial charge in [0.05, 0.1) is 29.7 Å². The van der Waals surface area contributed by atoms with Gasteiger partial charge >= 0.3 is 0 Å². The zero-order valence-corrected chi connectivity index (χ0v) is 20.4. The summed E-state index contributed by atoms with van der Waals surface area (Å²) in [6, 6.07) is 5.04. The second-order valence-electron chi connectivity index (χ2n) is 10.1. The van der Waals surface area contributed by atoms with Gasteiger partial charge in [-0.3, -0.25) is 13.9 Å². The molecule has 0 amide bonds. The van der Waals surface area contributed by atoms with E-state index in [9.17, 15) is 4.79 Å². The van der Waals surface area contributed by atoms with Crippen molar-refractivity contribution in [1.82, 2.24) is 24.1 Å². The normalized spacial score (nSPS) is 21.7. The summed E-state index contributed by atoms with van der Waals surface area (Å²) in [6.45, 7) is 0.575. The highest BCUT2D eigenvalue weighted by molar-refractivity contribution is 6.30. The van der Waals surface area contributed by atoms with Crippen LogP contribution in [-0.4, -0.2) is 30.8 Å². The van der Waals surface area contributed by atoms with Gasteiger partial charge in [0.15, 0.2) is 5.65 Å². The van der Waals surface area contributed by atoms with E-state index in [2.05, 4.69) is 11.3 Å². The molecule has 3 aromatic heterocycles. The Morgan fingerprint density at radius 2 is 2.00 bits per heavy atom. The first kappa shape index (κ1) is 22.1. The van der Waals surface area contributed by atoms with Crippen LogP contribution in [-0.2, 0) is 17.6 Å². The van der Waals surface area contributed by atoms with E-state index in [1.165, 1.54) is 18.9 Å². The fourth-order valence-corrected chi connectivity index (χ4v) is 5.71. The molecule has 2 fully saturated rings. The Morgan fingerprint density at radius 3 is 2.83 bits per heavy atom. The maximum Gasteiger partial charge on any atom is 0.261 e. The Balaban J connectivity index is 1.34. The number of hydrogen-bond donors (Lipinski definition) is 0. The smallest absolute Gasteiger partial charge is 0.261 e. The van der Waals surface area contributed by atoms with Gasteiger partial charge in [-0.15, -0.1) is 0 Å². The number of aromatic nitrogens is 5. The molecule has 1 aromatic carbocycles. The summed E-state index contributed by atoms with van der Waals surface area (Å²) in [5.41, 5.74) is 4.33. The van der Waals surface area contributed by atoms with Gasteiger partial charge in [-0.25, -0.2) is 14.4 Å². The molecule has 7 nitrogen and oxygen atoms in total. The van der Waals surface area contributed by atoms with Gasteiger partial charge in [0.2, 0.25) is 0 Å². The molecule has 0 spiro atoms. The lowest BCUT2D eigenvalue weighted by molar-refractivity contribution is 0.00454. The molecule has 2 atom stereocenters. The van der Waals surface area contributed by atoms with Crippen LogP contribution in [0.15, 0.2) is 41.6 Å². The van der Waals surface area contributed by atoms with Crippen LogP contribution < -0.4 is 5.56 Å². The molecule has 9 heteroatoms. The van der Waals surface area contributed by atoms with E-state index in [1.54, 1.807) is 22.7 Å². The Hall–Kier alpha value is -3.10. The summed E-state index contributed by atoms with van der Waals surface area (Å²) in [5, 5.41) is 4.83. The van der Waals surface area contributed by atoms with E-state index < -0.39 is 5.82 Å². The van der Waals surface area contributed by atoms with Gasteiger partial charge in [-0.1, -0.05) is 11.6 Å². The van der Waals surface area contributed by atoms with Crippen LogP contribution in [0.5, 0.6) is 0 Å². The highest BCUT2D eigenvalue weighted by Crippen LogP contribution is 2.40. The molecule has 3 aliphatic rings. The van der Waals surface area contributed by atoms with Crippen LogP contribution in [0.3, 0.4) is 0 Å². The molecule has 1 saturated heterocycles. The van der Waals surface area contributed by atoms with Crippen LogP contribution in [0.25, 0.3) is 16.9 Å². The summed E-state index contributed by atoms with van der Waals surface area (Å²) < 4.78 is 24.8. The van der Waals surface area contributed by atoms with Gasteiger partial charge in [0.1, 0.15) is 11.5 Å². The van der Waals surface area contributed by atoms with Crippen molar-refractivity contribution >= 4 is 17.2 Å². The fraction of sp³-hybridized carbons (Fsp3) is 0.407. The van der Waals surface area contributed by atoms with Crippen molar-refractivity contribution in [3.63, 3.8) is 0 Å². The minimum absolute atomic E-state index is 0.0479. The van der Waals surface area contributed by atoms with E-state index in [4.69, 9.17) is 26.3 Å². The second-order valence-corrected chi connectivity index (χ2v) is 10.5. The van der Waals surface area contributed by atoms with Crippen molar-refractivity contribution in [2.75, 3.05) is 6.61 Å². The lowest BCUT2D eigenvalue weighted by Gasteiger charge is -2.29. The maximum absolute atomic E-state index is 15.1. The predicted octanol–water partition coefficient (Wildman–Crippen LogP) is 5.20. The average molecular weight is 506 g/mol. The number of hydrogen-bond acceptors (Lipinski definition) is 5. The van der Waals surface area contributed by atoms with Crippen LogP contribution in [0, 0.1) is 5.82 Å². The van der Waals surface area contributed by atoms with Crippen LogP contribution in [0.1, 0.15) is 72.7 Å². The van der Waals surface area contributed by atoms with Crippen molar-refractivity contribution in [1.29, 1.82) is 0 Å². The van der Waals surface area contributed by atoms with E-state index in [0.717, 1.165) is 48.2 Å². The predicted molar refractivity (Wildman–Crippen MR) is 133 cm³/mol. The lowest BCUT2D eigenvalue weighted by atomic mass is 9.90. The molecule has 0 unspecified atom stereocenters. The fourth-order valence-electron chi connectivity index (χ4n) is 5.55. The third-order valence-corrected chi connectivity index (χ3v) is 7.89. The quantitative estimate of drug-likeness (QED) is 0.381. The number of benzene rings is 1. The van der Waals surface area contributed by atoms with E-state index in [0.29, 0.717) is 35.4 Å². The summed E-state index contributed by atoms with van der Waals surface area (Å²) in [5.74, 6) is -0.437. The molecule has 4 heterocycles. The Bertz CT molecular complexity index is 1560. The number of nitrogens with zero attached hydrogens (tertiary/aromatic N) is 5. The van der Waals surface area contributed by atoms with E-state index in [1.807, 2.05) is 10.9 Å². The highest BCUT2D eigenvalue weighted by Gasteiger charge is 2.31. The van der Waals surface area contributed by atoms with E-state index in [-0.39, 0.29) is 23.1 Å². The molecule has 1 aliphatic heterocycles. The third-order valence-electron chi connectivity index (χ3n) is 7.65. The first-order valence-electron chi connectivity index (χ1n) is 12.6. The minimum atomic E-state index is -0.485. The molecule has 1 saturated carbocycles. The average Bonchev–Trinajstić information content (AvgIpc) is 3.41. The minimum Gasteiger partial charge on any atom is -0.373 e. The van der Waals surface area contributed by atoms with E-state index >= 15 is 4.39 Å². The molecule has 7 rings (SSSR count). The second kappa shape index (κ2) is 8.49. The SMILES string of the molecule is O=c1c2c(nc3c(-c4ccc(Cl)cc4F)nc([C@@H]4CCO[C@H](c5cnn(C6CC6)c5)C4)cn13)CCC2. The van der Waals surface area contributed by atoms with Gasteiger partial charge < -0.3 is 4.74 Å². The largest absolute Gasteiger partial charge is 0.373 e. The molecule has 0 radical (unpaired) electrons. The number of fused-ring (bicyclic) bond motifs is 2. The summed E-state index contributed by atoms with van der Waals surface area (Å²) in [7, 11) is 0. The molecule has 2 aliphatic carbocycles. The first-order chi connectivity index (χ1) is 17.5. The van der Waals surface area contributed by atoms with Crippen molar-refractivity contribution in [2.45, 2.75) is 63.0 Å². The Morgan fingerprint density at radius 1 is 1.11 bits per heavy atom. The van der Waals surface area contributed by atoms with Gasteiger partial charge in [-0.05, 0) is 63.1 Å². The summed E-state index contributed by atoms with van der Waals surface area (Å²) >= 11 is 6.02. The number of rotatable bonds is 4. The standard InChI is InChI=1S/C27H25ClFN5O2/c28-17-4-7-19(21(29)11-17)25-26-32-22-3-1-2-20(22)27(35)33(26)14-23(31-25)15-8-9-36-24(10-15)16-12-30-34(13-16)18-5-6-18/h4,7,11-15,18,24H,1-3,5-6,8-10H2/t15-,24+/m1/s1. The number of aryl methyl sites for hydroxylation is 1. The van der Waals surface area contributed by atoms with Gasteiger partial charge in [0.25, 0.3) is 5.56 Å². The maximum atomic E-state index is 15.1. The number of halogens is 2. The molecule has 0 bridgehead atoms. The van der Waals surface area contributed by atoms with Crippen molar-refractivity contribution in [2.24, 2.45) is 0 Å². The zero-order valence-electron chi connectivity index (χ0n) is 19.7. The molecule has 36 heavy (non-hydrogen) atoms. The molecule has 184 valence electrons. The van der Waals surface area contributed by atoms with Crippen LogP contribution in [0.2, 0.25) is 5.02 Å². The van der Waals surface area contributed by atoms with Crippen LogP contribution in [0.4, 0.5) is 4.39 Å². The number of ether oxygens (including phenoxy) is 1. The molecule has 4 aromatic rings. The third kappa shape index (κ3) is 3.74.